The first kappa shape index (κ1) is 27.5. The van der Waals surface area contributed by atoms with Crippen LogP contribution in [0.5, 0.6) is 5.75 Å². The monoisotopic (exact) mass is 566 g/mol. The fourth-order valence-corrected chi connectivity index (χ4v) is 6.58. The fourth-order valence-electron chi connectivity index (χ4n) is 5.96. The zero-order valence-corrected chi connectivity index (χ0v) is 24.1. The third-order valence-corrected chi connectivity index (χ3v) is 8.04. The van der Waals surface area contributed by atoms with Gasteiger partial charge in [0.1, 0.15) is 0 Å². The highest BCUT2D eigenvalue weighted by atomic mass is 35.5. The Kier molecular flexibility index (Phi) is 7.15. The lowest BCUT2D eigenvalue weighted by Crippen LogP contribution is -2.42. The number of ether oxygens (including phenoxy) is 1. The van der Waals surface area contributed by atoms with Crippen LogP contribution in [0.1, 0.15) is 64.9 Å². The summed E-state index contributed by atoms with van der Waals surface area (Å²) >= 11 is 13.3. The van der Waals surface area contributed by atoms with Gasteiger partial charge in [0.25, 0.3) is 5.91 Å². The lowest BCUT2D eigenvalue weighted by atomic mass is 9.64. The third kappa shape index (κ3) is 5.64. The molecule has 0 fully saturated rings. The summed E-state index contributed by atoms with van der Waals surface area (Å²) in [4.78, 5) is 39.5. The van der Waals surface area contributed by atoms with Crippen LogP contribution in [-0.2, 0) is 14.4 Å². The number of halogens is 2. The maximum Gasteiger partial charge on any atom is 0.262 e. The molecule has 1 aliphatic heterocycles. The SMILES string of the molecule is CC1(C)CC(=O)C2=C(C1)NC1=C(C(=O)CC(C)(C)C1)C2c1cc(Cl)c(OCC(=O)Nc2ccccc2)c(Cl)c1. The Hall–Kier alpha value is -3.09. The van der Waals surface area contributed by atoms with Crippen LogP contribution in [0.2, 0.25) is 10.0 Å². The molecule has 2 aromatic rings. The zero-order chi connectivity index (χ0) is 28.1. The quantitative estimate of drug-likeness (QED) is 0.407. The normalized spacial score (nSPS) is 20.3. The van der Waals surface area contributed by atoms with Crippen molar-refractivity contribution in [2.24, 2.45) is 10.8 Å². The molecule has 0 saturated carbocycles. The molecule has 0 bridgehead atoms. The summed E-state index contributed by atoms with van der Waals surface area (Å²) in [6, 6.07) is 12.4. The van der Waals surface area contributed by atoms with Crippen LogP contribution >= 0.6 is 23.2 Å². The highest BCUT2D eigenvalue weighted by Gasteiger charge is 2.46. The van der Waals surface area contributed by atoms with Gasteiger partial charge >= 0.3 is 0 Å². The molecule has 2 aromatic carbocycles. The summed E-state index contributed by atoms with van der Waals surface area (Å²) in [6.07, 6.45) is 2.20. The summed E-state index contributed by atoms with van der Waals surface area (Å²) in [6.45, 7) is 8.04. The molecule has 8 heteroatoms. The fraction of sp³-hybridized carbons (Fsp3) is 0.387. The molecular weight excluding hydrogens is 535 g/mol. The number of para-hydroxylation sites is 1. The van der Waals surface area contributed by atoms with Gasteiger partial charge in [-0.05, 0) is 53.5 Å². The summed E-state index contributed by atoms with van der Waals surface area (Å²) in [5, 5.41) is 6.68. The van der Waals surface area contributed by atoms with Crippen LogP contribution in [0.15, 0.2) is 65.0 Å². The Morgan fingerprint density at radius 3 is 1.92 bits per heavy atom. The van der Waals surface area contributed by atoms with E-state index in [9.17, 15) is 14.4 Å². The molecule has 0 aromatic heterocycles. The lowest BCUT2D eigenvalue weighted by Gasteiger charge is -2.44. The highest BCUT2D eigenvalue weighted by molar-refractivity contribution is 6.37. The number of amides is 1. The molecule has 0 radical (unpaired) electrons. The molecule has 2 aliphatic carbocycles. The topological polar surface area (TPSA) is 84.5 Å². The molecule has 1 heterocycles. The number of benzene rings is 2. The average Bonchev–Trinajstić information content (AvgIpc) is 2.81. The molecule has 0 atom stereocenters. The van der Waals surface area contributed by atoms with E-state index < -0.39 is 5.92 Å². The van der Waals surface area contributed by atoms with Crippen molar-refractivity contribution in [3.63, 3.8) is 0 Å². The number of Topliss-reactive ketones (excluding diaryl/α,β-unsaturated/α-hetero) is 2. The number of hydrogen-bond acceptors (Lipinski definition) is 5. The molecule has 204 valence electrons. The van der Waals surface area contributed by atoms with Gasteiger partial charge in [-0.3, -0.25) is 14.4 Å². The van der Waals surface area contributed by atoms with Crippen molar-refractivity contribution < 1.29 is 19.1 Å². The number of carbonyl (C=O) groups excluding carboxylic acids is 3. The van der Waals surface area contributed by atoms with E-state index in [1.54, 1.807) is 24.3 Å². The zero-order valence-electron chi connectivity index (χ0n) is 22.5. The van der Waals surface area contributed by atoms with Crippen molar-refractivity contribution in [3.8, 4) is 5.75 Å². The first-order valence-electron chi connectivity index (χ1n) is 13.1. The largest absolute Gasteiger partial charge is 0.481 e. The van der Waals surface area contributed by atoms with Crippen LogP contribution in [0.4, 0.5) is 5.69 Å². The Bertz CT molecular complexity index is 1360. The predicted octanol–water partition coefficient (Wildman–Crippen LogP) is 6.98. The lowest BCUT2D eigenvalue weighted by molar-refractivity contribution is -0.119. The maximum absolute atomic E-state index is 13.5. The van der Waals surface area contributed by atoms with Gasteiger partial charge in [-0.1, -0.05) is 69.1 Å². The number of rotatable bonds is 5. The number of nitrogens with one attached hydrogen (secondary N) is 2. The van der Waals surface area contributed by atoms with Crippen LogP contribution in [-0.4, -0.2) is 24.1 Å². The maximum atomic E-state index is 13.5. The van der Waals surface area contributed by atoms with E-state index in [4.69, 9.17) is 27.9 Å². The highest BCUT2D eigenvalue weighted by Crippen LogP contribution is 2.52. The van der Waals surface area contributed by atoms with Crippen molar-refractivity contribution in [3.05, 3.63) is 80.6 Å². The summed E-state index contributed by atoms with van der Waals surface area (Å²) < 4.78 is 5.71. The van der Waals surface area contributed by atoms with E-state index in [2.05, 4.69) is 38.3 Å². The first-order chi connectivity index (χ1) is 18.3. The van der Waals surface area contributed by atoms with E-state index in [-0.39, 0.29) is 50.7 Å². The second-order valence-electron chi connectivity index (χ2n) is 12.2. The molecule has 39 heavy (non-hydrogen) atoms. The Labute approximate surface area is 238 Å². The predicted molar refractivity (Wildman–Crippen MR) is 153 cm³/mol. The average molecular weight is 568 g/mol. The van der Waals surface area contributed by atoms with Crippen molar-refractivity contribution in [2.75, 3.05) is 11.9 Å². The minimum Gasteiger partial charge on any atom is -0.481 e. The molecular formula is C31H32Cl2N2O4. The third-order valence-electron chi connectivity index (χ3n) is 7.48. The molecule has 0 spiro atoms. The summed E-state index contributed by atoms with van der Waals surface area (Å²) in [5.41, 5.74) is 3.91. The van der Waals surface area contributed by atoms with Gasteiger partial charge in [0.05, 0.1) is 10.0 Å². The van der Waals surface area contributed by atoms with Crippen LogP contribution in [0.3, 0.4) is 0 Å². The standard InChI is InChI=1S/C31H32Cl2N2O4/c1-30(2)12-21-27(23(36)14-30)26(28-22(35-21)13-31(3,4)15-24(28)37)17-10-19(32)29(20(33)11-17)39-16-25(38)34-18-8-6-5-7-9-18/h5-11,26,35H,12-16H2,1-4H3,(H,34,38). The molecule has 6 nitrogen and oxygen atoms in total. The summed E-state index contributed by atoms with van der Waals surface area (Å²) in [7, 11) is 0. The van der Waals surface area contributed by atoms with Gasteiger partial charge in [-0.25, -0.2) is 0 Å². The minimum absolute atomic E-state index is 0.0214. The molecule has 5 rings (SSSR count). The van der Waals surface area contributed by atoms with Gasteiger partial charge in [0.15, 0.2) is 23.9 Å². The van der Waals surface area contributed by atoms with E-state index in [0.29, 0.717) is 48.1 Å². The number of ketones is 2. The van der Waals surface area contributed by atoms with Gasteiger partial charge in [-0.15, -0.1) is 0 Å². The Morgan fingerprint density at radius 1 is 0.897 bits per heavy atom. The van der Waals surface area contributed by atoms with Crippen LogP contribution in [0, 0.1) is 10.8 Å². The smallest absolute Gasteiger partial charge is 0.262 e. The number of hydrogen-bond donors (Lipinski definition) is 2. The number of anilines is 1. The van der Waals surface area contributed by atoms with Crippen molar-refractivity contribution in [1.29, 1.82) is 0 Å². The van der Waals surface area contributed by atoms with Crippen LogP contribution in [0.25, 0.3) is 0 Å². The second-order valence-corrected chi connectivity index (χ2v) is 13.1. The molecule has 0 saturated heterocycles. The summed E-state index contributed by atoms with van der Waals surface area (Å²) in [5.74, 6) is -0.698. The van der Waals surface area contributed by atoms with Crippen molar-refractivity contribution in [1.82, 2.24) is 5.32 Å². The number of allylic oxidation sites excluding steroid dienone is 4. The van der Waals surface area contributed by atoms with E-state index in [0.717, 1.165) is 11.4 Å². The van der Waals surface area contributed by atoms with E-state index in [1.807, 2.05) is 18.2 Å². The minimum atomic E-state index is -0.561. The van der Waals surface area contributed by atoms with Gasteiger partial charge in [0, 0.05) is 47.0 Å². The molecule has 1 amide bonds. The van der Waals surface area contributed by atoms with Crippen molar-refractivity contribution >= 4 is 46.4 Å². The molecule has 2 N–H and O–H groups in total. The second kappa shape index (κ2) is 10.1. The van der Waals surface area contributed by atoms with Gasteiger partial charge in [0.2, 0.25) is 0 Å². The number of dihydropyridines is 1. The molecule has 0 unspecified atom stereocenters. The molecule has 3 aliphatic rings. The number of carbonyl (C=O) groups is 3. The van der Waals surface area contributed by atoms with E-state index >= 15 is 0 Å². The van der Waals surface area contributed by atoms with Gasteiger partial charge in [-0.2, -0.15) is 0 Å². The van der Waals surface area contributed by atoms with Gasteiger partial charge < -0.3 is 15.4 Å². The first-order valence-corrected chi connectivity index (χ1v) is 13.9. The Morgan fingerprint density at radius 2 is 1.41 bits per heavy atom. The Balaban J connectivity index is 1.49. The van der Waals surface area contributed by atoms with Crippen molar-refractivity contribution in [2.45, 2.75) is 59.3 Å². The van der Waals surface area contributed by atoms with Crippen LogP contribution < -0.4 is 15.4 Å². The van der Waals surface area contributed by atoms with E-state index in [1.165, 1.54) is 0 Å².